The molecular formula is C20H23N3OS. The number of hydrogen-bond donors (Lipinski definition) is 2. The number of benzene rings is 2. The number of hydrogen-bond acceptors (Lipinski definition) is 4. The number of thiophene rings is 1. The first kappa shape index (κ1) is 17.5. The van der Waals surface area contributed by atoms with E-state index in [2.05, 4.69) is 41.5 Å². The lowest BCUT2D eigenvalue weighted by Gasteiger charge is -2.16. The van der Waals surface area contributed by atoms with Gasteiger partial charge < -0.3 is 16.0 Å². The van der Waals surface area contributed by atoms with E-state index in [1.54, 1.807) is 0 Å². The molecule has 25 heavy (non-hydrogen) atoms. The second kappa shape index (κ2) is 8.14. The Morgan fingerprint density at radius 1 is 1.16 bits per heavy atom. The molecule has 5 heteroatoms. The first-order chi connectivity index (χ1) is 12.1. The molecule has 0 unspecified atom stereocenters. The molecule has 2 aromatic carbocycles. The summed E-state index contributed by atoms with van der Waals surface area (Å²) >= 11 is 1.50. The van der Waals surface area contributed by atoms with Gasteiger partial charge in [0.1, 0.15) is 0 Å². The van der Waals surface area contributed by atoms with Gasteiger partial charge in [-0.25, -0.2) is 0 Å². The molecule has 3 aromatic rings. The Morgan fingerprint density at radius 2 is 1.96 bits per heavy atom. The normalized spacial score (nSPS) is 11.1. The third kappa shape index (κ3) is 4.81. The Morgan fingerprint density at radius 3 is 2.76 bits per heavy atom. The second-order valence-electron chi connectivity index (χ2n) is 6.24. The average Bonchev–Trinajstić information content (AvgIpc) is 3.02. The number of nitrogen functional groups attached to an aromatic ring is 1. The van der Waals surface area contributed by atoms with Gasteiger partial charge in [0.2, 0.25) is 0 Å². The maximum absolute atomic E-state index is 12.3. The van der Waals surface area contributed by atoms with Crippen LogP contribution < -0.4 is 11.1 Å². The van der Waals surface area contributed by atoms with Crippen molar-refractivity contribution in [1.82, 2.24) is 10.2 Å². The van der Waals surface area contributed by atoms with E-state index in [1.807, 2.05) is 30.3 Å². The summed E-state index contributed by atoms with van der Waals surface area (Å²) in [4.78, 5) is 15.3. The van der Waals surface area contributed by atoms with Crippen LogP contribution in [0.3, 0.4) is 0 Å². The molecule has 3 N–H and O–H groups in total. The molecule has 3 rings (SSSR count). The van der Waals surface area contributed by atoms with Gasteiger partial charge in [-0.3, -0.25) is 4.79 Å². The summed E-state index contributed by atoms with van der Waals surface area (Å²) in [6.45, 7) is 2.54. The van der Waals surface area contributed by atoms with Gasteiger partial charge in [-0.15, -0.1) is 11.3 Å². The number of nitrogens with one attached hydrogen (secondary N) is 1. The van der Waals surface area contributed by atoms with E-state index >= 15 is 0 Å². The van der Waals surface area contributed by atoms with Crippen LogP contribution in [-0.4, -0.2) is 30.9 Å². The van der Waals surface area contributed by atoms with Gasteiger partial charge in [-0.1, -0.05) is 30.3 Å². The third-order valence-corrected chi connectivity index (χ3v) is 5.18. The molecule has 1 amide bonds. The summed E-state index contributed by atoms with van der Waals surface area (Å²) in [6, 6.07) is 18.0. The van der Waals surface area contributed by atoms with Gasteiger partial charge in [0.05, 0.1) is 4.88 Å². The molecular weight excluding hydrogens is 330 g/mol. The summed E-state index contributed by atoms with van der Waals surface area (Å²) in [5.74, 6) is -0.00881. The highest BCUT2D eigenvalue weighted by atomic mass is 32.1. The number of carbonyl (C=O) groups excluding carboxylic acids is 1. The Kier molecular flexibility index (Phi) is 5.68. The second-order valence-corrected chi connectivity index (χ2v) is 7.32. The molecule has 0 aliphatic heterocycles. The van der Waals surface area contributed by atoms with Crippen LogP contribution in [0.5, 0.6) is 0 Å². The lowest BCUT2D eigenvalue weighted by Crippen LogP contribution is -2.27. The van der Waals surface area contributed by atoms with Crippen LogP contribution >= 0.6 is 11.3 Å². The summed E-state index contributed by atoms with van der Waals surface area (Å²) in [7, 11) is 2.10. The summed E-state index contributed by atoms with van der Waals surface area (Å²) in [5.41, 5.74) is 7.82. The Bertz CT molecular complexity index is 845. The smallest absolute Gasteiger partial charge is 0.261 e. The molecule has 0 aliphatic rings. The third-order valence-electron chi connectivity index (χ3n) is 4.06. The number of nitrogens with zero attached hydrogens (tertiary/aromatic N) is 1. The zero-order chi connectivity index (χ0) is 17.6. The summed E-state index contributed by atoms with van der Waals surface area (Å²) in [6.07, 6.45) is 0.924. The summed E-state index contributed by atoms with van der Waals surface area (Å²) in [5, 5.41) is 4.03. The maximum Gasteiger partial charge on any atom is 0.261 e. The van der Waals surface area contributed by atoms with Gasteiger partial charge >= 0.3 is 0 Å². The largest absolute Gasteiger partial charge is 0.399 e. The number of nitrogens with two attached hydrogens (primary N) is 1. The molecule has 0 aliphatic carbocycles. The van der Waals surface area contributed by atoms with Crippen LogP contribution in [0.1, 0.15) is 21.7 Å². The molecule has 0 fully saturated rings. The quantitative estimate of drug-likeness (QED) is 0.502. The first-order valence-corrected chi connectivity index (χ1v) is 9.23. The fourth-order valence-corrected chi connectivity index (χ4v) is 3.75. The fraction of sp³-hybridized carbons (Fsp3) is 0.250. The first-order valence-electron chi connectivity index (χ1n) is 8.41. The minimum atomic E-state index is -0.00881. The standard InChI is InChI=1S/C20H23N3OS/c1-23(14-15-6-3-2-4-7-15)11-5-10-22-20(24)19-13-16-12-17(21)8-9-18(16)25-19/h2-4,6-9,12-13H,5,10-11,14,21H2,1H3,(H,22,24). The van der Waals surface area contributed by atoms with Crippen molar-refractivity contribution in [3.8, 4) is 0 Å². The van der Waals surface area contributed by atoms with Crippen LogP contribution in [0.15, 0.2) is 54.6 Å². The van der Waals surface area contributed by atoms with E-state index < -0.39 is 0 Å². The minimum Gasteiger partial charge on any atom is -0.399 e. The van der Waals surface area contributed by atoms with Crippen molar-refractivity contribution < 1.29 is 4.79 Å². The highest BCUT2D eigenvalue weighted by Crippen LogP contribution is 2.27. The Balaban J connectivity index is 1.44. The number of fused-ring (bicyclic) bond motifs is 1. The Hall–Kier alpha value is -2.37. The van der Waals surface area contributed by atoms with Crippen molar-refractivity contribution >= 4 is 33.0 Å². The van der Waals surface area contributed by atoms with Gasteiger partial charge in [0.15, 0.2) is 0 Å². The minimum absolute atomic E-state index is 0.00881. The monoisotopic (exact) mass is 353 g/mol. The average molecular weight is 353 g/mol. The number of amides is 1. The van der Waals surface area contributed by atoms with Crippen molar-refractivity contribution in [3.63, 3.8) is 0 Å². The van der Waals surface area contributed by atoms with Gasteiger partial charge in [-0.2, -0.15) is 0 Å². The molecule has 0 spiro atoms. The SMILES string of the molecule is CN(CCCNC(=O)c1cc2cc(N)ccc2s1)Cc1ccccc1. The topological polar surface area (TPSA) is 58.4 Å². The number of carbonyl (C=O) groups is 1. The van der Waals surface area contributed by atoms with E-state index in [4.69, 9.17) is 5.73 Å². The van der Waals surface area contributed by atoms with Crippen LogP contribution in [0.2, 0.25) is 0 Å². The number of rotatable bonds is 7. The molecule has 0 radical (unpaired) electrons. The summed E-state index contributed by atoms with van der Waals surface area (Å²) < 4.78 is 1.09. The molecule has 0 atom stereocenters. The van der Waals surface area contributed by atoms with Crippen molar-refractivity contribution in [2.75, 3.05) is 25.9 Å². The van der Waals surface area contributed by atoms with Crippen molar-refractivity contribution in [3.05, 3.63) is 65.0 Å². The van der Waals surface area contributed by atoms with Crippen molar-refractivity contribution in [2.45, 2.75) is 13.0 Å². The highest BCUT2D eigenvalue weighted by molar-refractivity contribution is 7.20. The fourth-order valence-electron chi connectivity index (χ4n) is 2.79. The molecule has 130 valence electrons. The zero-order valence-corrected chi connectivity index (χ0v) is 15.2. The predicted molar refractivity (Wildman–Crippen MR) is 106 cm³/mol. The lowest BCUT2D eigenvalue weighted by atomic mass is 10.2. The predicted octanol–water partition coefficient (Wildman–Crippen LogP) is 3.74. The van der Waals surface area contributed by atoms with E-state index in [-0.39, 0.29) is 5.91 Å². The van der Waals surface area contributed by atoms with Crippen molar-refractivity contribution in [2.24, 2.45) is 0 Å². The highest BCUT2D eigenvalue weighted by Gasteiger charge is 2.10. The molecule has 4 nitrogen and oxygen atoms in total. The van der Waals surface area contributed by atoms with E-state index in [0.29, 0.717) is 6.54 Å². The van der Waals surface area contributed by atoms with Crippen LogP contribution in [0.25, 0.3) is 10.1 Å². The Labute approximate surface area is 152 Å². The van der Waals surface area contributed by atoms with E-state index in [0.717, 1.165) is 40.2 Å². The van der Waals surface area contributed by atoms with Crippen molar-refractivity contribution in [1.29, 1.82) is 0 Å². The lowest BCUT2D eigenvalue weighted by molar-refractivity contribution is 0.0956. The maximum atomic E-state index is 12.3. The molecule has 1 heterocycles. The molecule has 0 bridgehead atoms. The van der Waals surface area contributed by atoms with Crippen LogP contribution in [0.4, 0.5) is 5.69 Å². The van der Waals surface area contributed by atoms with Gasteiger partial charge in [-0.05, 0) is 55.2 Å². The van der Waals surface area contributed by atoms with Gasteiger partial charge in [0.25, 0.3) is 5.91 Å². The molecule has 0 saturated carbocycles. The van der Waals surface area contributed by atoms with Crippen LogP contribution in [0, 0.1) is 0 Å². The molecule has 0 saturated heterocycles. The zero-order valence-electron chi connectivity index (χ0n) is 14.4. The van der Waals surface area contributed by atoms with Crippen LogP contribution in [-0.2, 0) is 6.54 Å². The number of anilines is 1. The van der Waals surface area contributed by atoms with E-state index in [9.17, 15) is 4.79 Å². The molecule has 1 aromatic heterocycles. The van der Waals surface area contributed by atoms with E-state index in [1.165, 1.54) is 16.9 Å². The van der Waals surface area contributed by atoms with Gasteiger partial charge in [0, 0.05) is 23.5 Å².